The predicted molar refractivity (Wildman–Crippen MR) is 60.8 cm³/mol. The van der Waals surface area contributed by atoms with E-state index in [0.717, 1.165) is 13.0 Å². The van der Waals surface area contributed by atoms with Crippen LogP contribution in [0.15, 0.2) is 18.3 Å². The van der Waals surface area contributed by atoms with Crippen LogP contribution >= 0.6 is 0 Å². The number of ketones is 1. The molecule has 2 heteroatoms. The summed E-state index contributed by atoms with van der Waals surface area (Å²) in [7, 11) is 0. The lowest BCUT2D eigenvalue weighted by Gasteiger charge is -2.06. The highest BCUT2D eigenvalue weighted by Crippen LogP contribution is 2.49. The van der Waals surface area contributed by atoms with E-state index in [9.17, 15) is 4.79 Å². The highest BCUT2D eigenvalue weighted by atomic mass is 16.1. The smallest absolute Gasteiger partial charge is 0.139 e. The molecule has 2 unspecified atom stereocenters. The van der Waals surface area contributed by atoms with Crippen LogP contribution in [0, 0.1) is 11.8 Å². The Labute approximate surface area is 91.3 Å². The van der Waals surface area contributed by atoms with Crippen molar-refractivity contribution in [3.63, 3.8) is 0 Å². The van der Waals surface area contributed by atoms with Crippen LogP contribution in [0.5, 0.6) is 0 Å². The lowest BCUT2D eigenvalue weighted by molar-refractivity contribution is -0.123. The molecule has 1 fully saturated rings. The molecule has 1 aliphatic carbocycles. The summed E-state index contributed by atoms with van der Waals surface area (Å²) in [6, 6.07) is 4.23. The van der Waals surface area contributed by atoms with Crippen molar-refractivity contribution in [2.75, 3.05) is 0 Å². The van der Waals surface area contributed by atoms with Gasteiger partial charge in [-0.15, -0.1) is 0 Å². The Morgan fingerprint density at radius 2 is 2.33 bits per heavy atom. The fraction of sp³-hybridized carbons (Fsp3) is 0.615. The van der Waals surface area contributed by atoms with E-state index in [4.69, 9.17) is 0 Å². The van der Waals surface area contributed by atoms with E-state index < -0.39 is 0 Å². The van der Waals surface area contributed by atoms with Gasteiger partial charge in [0.25, 0.3) is 0 Å². The van der Waals surface area contributed by atoms with Gasteiger partial charge < -0.3 is 4.57 Å². The van der Waals surface area contributed by atoms with Gasteiger partial charge >= 0.3 is 0 Å². The van der Waals surface area contributed by atoms with Crippen molar-refractivity contribution in [2.24, 2.45) is 11.8 Å². The molecule has 0 N–H and O–H groups in total. The molecule has 1 aromatic rings. The van der Waals surface area contributed by atoms with Crippen LogP contribution in [0.2, 0.25) is 0 Å². The van der Waals surface area contributed by atoms with Crippen molar-refractivity contribution >= 4 is 5.78 Å². The lowest BCUT2D eigenvalue weighted by atomic mass is 10.0. The van der Waals surface area contributed by atoms with Crippen molar-refractivity contribution in [1.29, 1.82) is 0 Å². The van der Waals surface area contributed by atoms with Crippen LogP contribution < -0.4 is 0 Å². The van der Waals surface area contributed by atoms with Gasteiger partial charge in [0.05, 0.1) is 0 Å². The second-order valence-corrected chi connectivity index (χ2v) is 4.72. The normalized spacial score (nSPS) is 24.5. The van der Waals surface area contributed by atoms with Crippen LogP contribution in [0.25, 0.3) is 0 Å². The minimum absolute atomic E-state index is 0.185. The third kappa shape index (κ3) is 1.85. The average molecular weight is 205 g/mol. The molecule has 1 aromatic heterocycles. The van der Waals surface area contributed by atoms with Gasteiger partial charge in [-0.05, 0) is 25.5 Å². The highest BCUT2D eigenvalue weighted by Gasteiger charge is 2.45. The maximum absolute atomic E-state index is 11.8. The molecule has 0 radical (unpaired) electrons. The molecule has 15 heavy (non-hydrogen) atoms. The minimum Gasteiger partial charge on any atom is -0.351 e. The van der Waals surface area contributed by atoms with Gasteiger partial charge in [0.1, 0.15) is 5.78 Å². The number of hydrogen-bond acceptors (Lipinski definition) is 1. The van der Waals surface area contributed by atoms with Crippen molar-refractivity contribution < 1.29 is 4.79 Å². The first-order valence-corrected chi connectivity index (χ1v) is 5.84. The molecule has 1 aliphatic rings. The molecule has 2 atom stereocenters. The zero-order valence-corrected chi connectivity index (χ0v) is 9.73. The molecule has 0 aromatic carbocycles. The van der Waals surface area contributed by atoms with Crippen molar-refractivity contribution in [3.8, 4) is 0 Å². The van der Waals surface area contributed by atoms with E-state index in [1.165, 1.54) is 5.69 Å². The fourth-order valence-electron chi connectivity index (χ4n) is 2.32. The van der Waals surface area contributed by atoms with E-state index in [-0.39, 0.29) is 5.92 Å². The number of carbonyl (C=O) groups excluding carboxylic acids is 1. The molecule has 1 heterocycles. The number of carbonyl (C=O) groups is 1. The zero-order chi connectivity index (χ0) is 11.0. The predicted octanol–water partition coefficient (Wildman–Crippen LogP) is 2.84. The lowest BCUT2D eigenvalue weighted by Crippen LogP contribution is -2.11. The molecular weight excluding hydrogens is 186 g/mol. The summed E-state index contributed by atoms with van der Waals surface area (Å²) in [5.41, 5.74) is 1.34. The summed E-state index contributed by atoms with van der Waals surface area (Å²) in [5.74, 6) is 1.41. The molecule has 82 valence electrons. The van der Waals surface area contributed by atoms with Crippen LogP contribution in [0.1, 0.15) is 38.8 Å². The monoisotopic (exact) mass is 205 g/mol. The Morgan fingerprint density at radius 1 is 1.60 bits per heavy atom. The first-order valence-electron chi connectivity index (χ1n) is 5.84. The number of aryl methyl sites for hydroxylation is 1. The first-order chi connectivity index (χ1) is 7.15. The van der Waals surface area contributed by atoms with E-state index in [0.29, 0.717) is 17.6 Å². The van der Waals surface area contributed by atoms with Crippen LogP contribution in [0.3, 0.4) is 0 Å². The quantitative estimate of drug-likeness (QED) is 0.741. The summed E-state index contributed by atoms with van der Waals surface area (Å²) in [6.45, 7) is 7.14. The summed E-state index contributed by atoms with van der Waals surface area (Å²) < 4.78 is 2.25. The number of aromatic nitrogens is 1. The van der Waals surface area contributed by atoms with Gasteiger partial charge in [-0.2, -0.15) is 0 Å². The molecule has 2 rings (SSSR count). The van der Waals surface area contributed by atoms with Crippen molar-refractivity contribution in [1.82, 2.24) is 4.57 Å². The van der Waals surface area contributed by atoms with Gasteiger partial charge in [0, 0.05) is 36.2 Å². The third-order valence-electron chi connectivity index (χ3n) is 3.31. The molecule has 0 saturated heterocycles. The van der Waals surface area contributed by atoms with Crippen LogP contribution in [0.4, 0.5) is 0 Å². The average Bonchev–Trinajstić information content (AvgIpc) is 2.86. The summed E-state index contributed by atoms with van der Waals surface area (Å²) >= 11 is 0. The summed E-state index contributed by atoms with van der Waals surface area (Å²) in [6.07, 6.45) is 3.16. The Morgan fingerprint density at radius 3 is 2.93 bits per heavy atom. The summed E-state index contributed by atoms with van der Waals surface area (Å²) in [4.78, 5) is 11.8. The molecule has 0 bridgehead atoms. The van der Waals surface area contributed by atoms with Gasteiger partial charge in [0.2, 0.25) is 0 Å². The first kappa shape index (κ1) is 10.5. The maximum Gasteiger partial charge on any atom is 0.139 e. The van der Waals surface area contributed by atoms with Gasteiger partial charge in [0.15, 0.2) is 0 Å². The van der Waals surface area contributed by atoms with Crippen LogP contribution in [-0.2, 0) is 11.3 Å². The number of Topliss-reactive ketones (excluding diaryl/α,β-unsaturated/α-hetero) is 1. The molecule has 0 spiro atoms. The van der Waals surface area contributed by atoms with E-state index >= 15 is 0 Å². The largest absolute Gasteiger partial charge is 0.351 e. The maximum atomic E-state index is 11.8. The number of rotatable bonds is 4. The number of hydrogen-bond donors (Lipinski definition) is 0. The van der Waals surface area contributed by atoms with Crippen LogP contribution in [-0.4, -0.2) is 10.4 Å². The zero-order valence-electron chi connectivity index (χ0n) is 9.73. The molecular formula is C13H19NO. The van der Waals surface area contributed by atoms with Gasteiger partial charge in [-0.3, -0.25) is 4.79 Å². The SMILES string of the molecule is CCn1cccc1C1CC1C(=O)C(C)C. The summed E-state index contributed by atoms with van der Waals surface area (Å²) in [5, 5.41) is 0. The molecule has 2 nitrogen and oxygen atoms in total. The minimum atomic E-state index is 0.185. The fourth-order valence-corrected chi connectivity index (χ4v) is 2.32. The second kappa shape index (κ2) is 3.84. The Balaban J connectivity index is 2.08. The Bertz CT molecular complexity index is 364. The van der Waals surface area contributed by atoms with Gasteiger partial charge in [-0.25, -0.2) is 0 Å². The topological polar surface area (TPSA) is 22.0 Å². The third-order valence-corrected chi connectivity index (χ3v) is 3.31. The Hall–Kier alpha value is -1.05. The van der Waals surface area contributed by atoms with E-state index in [2.05, 4.69) is 29.8 Å². The van der Waals surface area contributed by atoms with E-state index in [1.54, 1.807) is 0 Å². The molecule has 1 saturated carbocycles. The Kier molecular flexibility index (Phi) is 2.68. The standard InChI is InChI=1S/C13H19NO/c1-4-14-7-5-6-12(14)10-8-11(10)13(15)9(2)3/h5-7,9-11H,4,8H2,1-3H3. The molecule has 0 aliphatic heterocycles. The second-order valence-electron chi connectivity index (χ2n) is 4.72. The molecule has 0 amide bonds. The van der Waals surface area contributed by atoms with Crippen molar-refractivity contribution in [2.45, 2.75) is 39.7 Å². The van der Waals surface area contributed by atoms with Crippen molar-refractivity contribution in [3.05, 3.63) is 24.0 Å². The van der Waals surface area contributed by atoms with Gasteiger partial charge in [-0.1, -0.05) is 13.8 Å². The highest BCUT2D eigenvalue weighted by molar-refractivity contribution is 5.86. The number of nitrogens with zero attached hydrogens (tertiary/aromatic N) is 1. The van der Waals surface area contributed by atoms with E-state index in [1.807, 2.05) is 13.8 Å².